The number of rotatable bonds is 4. The van der Waals surface area contributed by atoms with Gasteiger partial charge in [-0.3, -0.25) is 0 Å². The number of hydrogen-bond acceptors (Lipinski definition) is 5. The minimum absolute atomic E-state index is 0.412. The van der Waals surface area contributed by atoms with Crippen LogP contribution in [0, 0.1) is 11.3 Å². The topological polar surface area (TPSA) is 78.5 Å². The van der Waals surface area contributed by atoms with Crippen LogP contribution < -0.4 is 0 Å². The number of nitriles is 1. The summed E-state index contributed by atoms with van der Waals surface area (Å²) in [5.41, 5.74) is 1.18. The van der Waals surface area contributed by atoms with Gasteiger partial charge in [-0.1, -0.05) is 17.3 Å². The number of nitrogens with one attached hydrogen (secondary N) is 1. The summed E-state index contributed by atoms with van der Waals surface area (Å²) in [6.07, 6.45) is 1.68. The molecule has 104 valence electrons. The molecule has 0 saturated carbocycles. The minimum Gasteiger partial charge on any atom is -0.352 e. The molecule has 1 N–H and O–H groups in total. The van der Waals surface area contributed by atoms with Crippen LogP contribution in [0.4, 0.5) is 0 Å². The van der Waals surface area contributed by atoms with Crippen molar-refractivity contribution in [2.45, 2.75) is 10.6 Å². The zero-order valence-corrected chi connectivity index (χ0v) is 13.1. The fourth-order valence-electron chi connectivity index (χ4n) is 1.72. The maximum atomic E-state index is 8.78. The number of hydrogen-bond donors (Lipinski definition) is 1. The first-order valence-corrected chi connectivity index (χ1v) is 7.83. The third-order valence-electron chi connectivity index (χ3n) is 2.71. The second kappa shape index (κ2) is 6.16. The zero-order valence-electron chi connectivity index (χ0n) is 10.7. The first kappa shape index (κ1) is 13.9. The Morgan fingerprint density at radius 1 is 1.38 bits per heavy atom. The van der Waals surface area contributed by atoms with Gasteiger partial charge in [0.1, 0.15) is 11.8 Å². The molecular weight excluding hydrogens is 352 g/mol. The summed E-state index contributed by atoms with van der Waals surface area (Å²) in [4.78, 5) is 8.28. The molecule has 0 radical (unpaired) electrons. The van der Waals surface area contributed by atoms with Gasteiger partial charge >= 0.3 is 0 Å². The summed E-state index contributed by atoms with van der Waals surface area (Å²) in [5.74, 6) is 1.64. The van der Waals surface area contributed by atoms with Crippen molar-refractivity contribution in [3.8, 4) is 17.5 Å². The fourth-order valence-corrected chi connectivity index (χ4v) is 3.13. The van der Waals surface area contributed by atoms with Gasteiger partial charge in [0.15, 0.2) is 5.82 Å². The van der Waals surface area contributed by atoms with Gasteiger partial charge in [0, 0.05) is 15.6 Å². The van der Waals surface area contributed by atoms with E-state index in [1.165, 1.54) is 0 Å². The molecule has 21 heavy (non-hydrogen) atoms. The Bertz CT molecular complexity index is 805. The van der Waals surface area contributed by atoms with Crippen molar-refractivity contribution < 1.29 is 4.52 Å². The smallest absolute Gasteiger partial charge is 0.259 e. The van der Waals surface area contributed by atoms with Crippen LogP contribution in [-0.4, -0.2) is 15.1 Å². The van der Waals surface area contributed by atoms with Gasteiger partial charge in [0.2, 0.25) is 0 Å². The van der Waals surface area contributed by atoms with Crippen molar-refractivity contribution in [2.24, 2.45) is 0 Å². The van der Waals surface area contributed by atoms with E-state index >= 15 is 0 Å². The second-order valence-electron chi connectivity index (χ2n) is 4.15. The predicted octanol–water partition coefficient (Wildman–Crippen LogP) is 3.99. The molecule has 0 fully saturated rings. The molecular formula is C14H9BrN4OS. The van der Waals surface area contributed by atoms with Crippen LogP contribution in [0.3, 0.4) is 0 Å². The van der Waals surface area contributed by atoms with Crippen LogP contribution in [0.15, 0.2) is 50.4 Å². The Hall–Kier alpha value is -2.04. The average molecular weight is 361 g/mol. The van der Waals surface area contributed by atoms with E-state index < -0.39 is 0 Å². The molecule has 2 heterocycles. The van der Waals surface area contributed by atoms with Crippen molar-refractivity contribution in [1.82, 2.24) is 15.1 Å². The molecule has 7 heteroatoms. The highest BCUT2D eigenvalue weighted by Crippen LogP contribution is 2.29. The second-order valence-corrected chi connectivity index (χ2v) is 6.02. The molecule has 3 rings (SSSR count). The Morgan fingerprint density at radius 3 is 3.00 bits per heavy atom. The molecule has 0 atom stereocenters. The highest BCUT2D eigenvalue weighted by Gasteiger charge is 2.11. The van der Waals surface area contributed by atoms with Crippen LogP contribution in [0.1, 0.15) is 11.5 Å². The van der Waals surface area contributed by atoms with Gasteiger partial charge in [-0.05, 0) is 34.1 Å². The molecule has 2 aromatic heterocycles. The van der Waals surface area contributed by atoms with E-state index in [-0.39, 0.29) is 0 Å². The zero-order chi connectivity index (χ0) is 14.7. The lowest BCUT2D eigenvalue weighted by atomic mass is 10.3. The molecule has 0 unspecified atom stereocenters. The van der Waals surface area contributed by atoms with Crippen LogP contribution in [0.25, 0.3) is 11.5 Å². The Balaban J connectivity index is 1.71. The molecule has 5 nitrogen and oxygen atoms in total. The summed E-state index contributed by atoms with van der Waals surface area (Å²) < 4.78 is 6.26. The Morgan fingerprint density at radius 2 is 2.24 bits per heavy atom. The summed E-state index contributed by atoms with van der Waals surface area (Å²) in [5, 5.41) is 12.7. The van der Waals surface area contributed by atoms with E-state index in [4.69, 9.17) is 9.78 Å². The Labute approximate surface area is 133 Å². The lowest BCUT2D eigenvalue weighted by molar-refractivity contribution is 0.425. The predicted molar refractivity (Wildman–Crippen MR) is 82.5 cm³/mol. The average Bonchev–Trinajstić information content (AvgIpc) is 3.15. The largest absolute Gasteiger partial charge is 0.352 e. The van der Waals surface area contributed by atoms with Crippen LogP contribution in [-0.2, 0) is 5.75 Å². The summed E-state index contributed by atoms with van der Waals surface area (Å²) in [6.45, 7) is 0. The number of aromatic nitrogens is 3. The number of benzene rings is 1. The standard InChI is InChI=1S/C14H9BrN4OS/c15-11-3-1-2-4-12(11)21-8-13-18-14(20-19-13)9-5-10(6-16)17-7-9/h1-5,7,17H,8H2. The quantitative estimate of drug-likeness (QED) is 0.711. The molecule has 0 aliphatic rings. The van der Waals surface area contributed by atoms with Gasteiger partial charge < -0.3 is 9.51 Å². The molecule has 0 saturated heterocycles. The molecule has 0 aliphatic heterocycles. The van der Waals surface area contributed by atoms with Gasteiger partial charge in [-0.2, -0.15) is 10.2 Å². The van der Waals surface area contributed by atoms with E-state index in [9.17, 15) is 0 Å². The number of halogens is 1. The van der Waals surface area contributed by atoms with Crippen molar-refractivity contribution in [1.29, 1.82) is 5.26 Å². The van der Waals surface area contributed by atoms with Crippen molar-refractivity contribution >= 4 is 27.7 Å². The molecule has 3 aromatic rings. The third-order valence-corrected chi connectivity index (χ3v) is 4.74. The van der Waals surface area contributed by atoms with Crippen LogP contribution in [0.5, 0.6) is 0 Å². The minimum atomic E-state index is 0.412. The van der Waals surface area contributed by atoms with E-state index in [2.05, 4.69) is 31.1 Å². The van der Waals surface area contributed by atoms with E-state index in [0.717, 1.165) is 14.9 Å². The molecule has 0 amide bonds. The van der Waals surface area contributed by atoms with Crippen molar-refractivity contribution in [3.63, 3.8) is 0 Å². The third kappa shape index (κ3) is 3.17. The Kier molecular flexibility index (Phi) is 4.08. The van der Waals surface area contributed by atoms with Crippen LogP contribution in [0.2, 0.25) is 0 Å². The molecule has 0 aliphatic carbocycles. The van der Waals surface area contributed by atoms with Crippen LogP contribution >= 0.6 is 27.7 Å². The lowest BCUT2D eigenvalue weighted by Crippen LogP contribution is -1.84. The van der Waals surface area contributed by atoms with Gasteiger partial charge in [-0.25, -0.2) is 0 Å². The van der Waals surface area contributed by atoms with E-state index in [0.29, 0.717) is 23.2 Å². The van der Waals surface area contributed by atoms with E-state index in [1.54, 1.807) is 24.0 Å². The maximum absolute atomic E-state index is 8.78. The highest BCUT2D eigenvalue weighted by atomic mass is 79.9. The maximum Gasteiger partial charge on any atom is 0.259 e. The first-order valence-electron chi connectivity index (χ1n) is 6.05. The fraction of sp³-hybridized carbons (Fsp3) is 0.0714. The normalized spacial score (nSPS) is 10.5. The highest BCUT2D eigenvalue weighted by molar-refractivity contribution is 9.10. The van der Waals surface area contributed by atoms with Gasteiger partial charge in [-0.15, -0.1) is 11.8 Å². The van der Waals surface area contributed by atoms with E-state index in [1.807, 2.05) is 30.3 Å². The first-order chi connectivity index (χ1) is 10.3. The molecule has 1 aromatic carbocycles. The lowest BCUT2D eigenvalue weighted by Gasteiger charge is -2.00. The van der Waals surface area contributed by atoms with Crippen molar-refractivity contribution in [2.75, 3.05) is 0 Å². The number of aromatic amines is 1. The van der Waals surface area contributed by atoms with Gasteiger partial charge in [0.25, 0.3) is 5.89 Å². The summed E-state index contributed by atoms with van der Waals surface area (Å²) in [6, 6.07) is 11.7. The number of H-pyrrole nitrogens is 1. The molecule has 0 spiro atoms. The van der Waals surface area contributed by atoms with Gasteiger partial charge in [0.05, 0.1) is 11.3 Å². The number of thioether (sulfide) groups is 1. The monoisotopic (exact) mass is 360 g/mol. The summed E-state index contributed by atoms with van der Waals surface area (Å²) >= 11 is 5.13. The number of nitrogens with zero attached hydrogens (tertiary/aromatic N) is 3. The SMILES string of the molecule is N#Cc1cc(-c2nc(CSc3ccccc3Br)no2)c[nH]1. The van der Waals surface area contributed by atoms with Crippen molar-refractivity contribution in [3.05, 3.63) is 52.5 Å². The molecule has 0 bridgehead atoms. The summed E-state index contributed by atoms with van der Waals surface area (Å²) in [7, 11) is 0.